The predicted octanol–water partition coefficient (Wildman–Crippen LogP) is 2.09. The average Bonchev–Trinajstić information content (AvgIpc) is 3.42. The predicted molar refractivity (Wildman–Crippen MR) is 105 cm³/mol. The van der Waals surface area contributed by atoms with Crippen LogP contribution in [0.15, 0.2) is 71.0 Å². The summed E-state index contributed by atoms with van der Waals surface area (Å²) >= 11 is 2.50. The van der Waals surface area contributed by atoms with Crippen molar-refractivity contribution < 1.29 is 4.79 Å². The molecule has 4 rings (SSSR count). The standard InChI is InChI=1S/C17H14N8OS2/c26-15(11-27-16-18-22-24(20-16)13-7-3-1-4-8-13)12-28-17-19-23-25(21-17)14-9-5-2-6-10-14/h1-10H,11-12H2. The van der Waals surface area contributed by atoms with Gasteiger partial charge in [0.15, 0.2) is 5.78 Å². The number of nitrogens with zero attached hydrogens (tertiary/aromatic N) is 8. The SMILES string of the molecule is O=C(CSc1nnn(-c2ccccc2)n1)CSc1nnn(-c2ccccc2)n1. The highest BCUT2D eigenvalue weighted by Crippen LogP contribution is 2.17. The lowest BCUT2D eigenvalue weighted by Gasteiger charge is -1.97. The maximum Gasteiger partial charge on any atom is 0.232 e. The lowest BCUT2D eigenvalue weighted by Crippen LogP contribution is -2.05. The average molecular weight is 410 g/mol. The highest BCUT2D eigenvalue weighted by atomic mass is 32.2. The van der Waals surface area contributed by atoms with Gasteiger partial charge in [-0.2, -0.15) is 0 Å². The molecule has 0 radical (unpaired) electrons. The van der Waals surface area contributed by atoms with Crippen molar-refractivity contribution in [2.24, 2.45) is 0 Å². The van der Waals surface area contributed by atoms with Crippen molar-refractivity contribution in [3.8, 4) is 11.4 Å². The molecule has 0 N–H and O–H groups in total. The van der Waals surface area contributed by atoms with Crippen molar-refractivity contribution in [3.63, 3.8) is 0 Å². The van der Waals surface area contributed by atoms with Crippen molar-refractivity contribution in [2.45, 2.75) is 10.3 Å². The first-order valence-electron chi connectivity index (χ1n) is 8.26. The summed E-state index contributed by atoms with van der Waals surface area (Å²) in [5, 5.41) is 25.4. The number of carbonyl (C=O) groups is 1. The Morgan fingerprint density at radius 1 is 0.714 bits per heavy atom. The number of hydrogen-bond acceptors (Lipinski definition) is 9. The molecule has 0 spiro atoms. The molecule has 0 aliphatic carbocycles. The molecule has 2 aromatic heterocycles. The van der Waals surface area contributed by atoms with E-state index < -0.39 is 0 Å². The molecule has 28 heavy (non-hydrogen) atoms. The third-order valence-corrected chi connectivity index (χ3v) is 5.26. The van der Waals surface area contributed by atoms with Crippen LogP contribution in [0.2, 0.25) is 0 Å². The molecule has 0 aliphatic heterocycles. The second kappa shape index (κ2) is 8.76. The number of rotatable bonds is 8. The van der Waals surface area contributed by atoms with Gasteiger partial charge in [0.2, 0.25) is 10.3 Å². The zero-order valence-corrected chi connectivity index (χ0v) is 16.1. The summed E-state index contributed by atoms with van der Waals surface area (Å²) < 4.78 is 0. The van der Waals surface area contributed by atoms with Crippen LogP contribution in [0.5, 0.6) is 0 Å². The minimum Gasteiger partial charge on any atom is -0.298 e. The van der Waals surface area contributed by atoms with E-state index in [1.807, 2.05) is 60.7 Å². The topological polar surface area (TPSA) is 104 Å². The molecule has 0 saturated carbocycles. The number of hydrogen-bond donors (Lipinski definition) is 0. The molecular formula is C17H14N8OS2. The van der Waals surface area contributed by atoms with Gasteiger partial charge < -0.3 is 0 Å². The van der Waals surface area contributed by atoms with E-state index in [1.54, 1.807) is 0 Å². The molecule has 2 aromatic carbocycles. The minimum absolute atomic E-state index is 0.0297. The van der Waals surface area contributed by atoms with Gasteiger partial charge in [-0.25, -0.2) is 0 Å². The number of thioether (sulfide) groups is 2. The van der Waals surface area contributed by atoms with Crippen molar-refractivity contribution >= 4 is 29.3 Å². The highest BCUT2D eigenvalue weighted by Gasteiger charge is 2.11. The van der Waals surface area contributed by atoms with Crippen LogP contribution in [0.25, 0.3) is 11.4 Å². The van der Waals surface area contributed by atoms with Crippen molar-refractivity contribution in [3.05, 3.63) is 60.7 Å². The van der Waals surface area contributed by atoms with Crippen LogP contribution in [0.3, 0.4) is 0 Å². The molecule has 4 aromatic rings. The van der Waals surface area contributed by atoms with Crippen LogP contribution < -0.4 is 0 Å². The molecule has 0 amide bonds. The summed E-state index contributed by atoms with van der Waals surface area (Å²) in [7, 11) is 0. The van der Waals surface area contributed by atoms with E-state index in [9.17, 15) is 4.79 Å². The van der Waals surface area contributed by atoms with Gasteiger partial charge >= 0.3 is 0 Å². The van der Waals surface area contributed by atoms with Gasteiger partial charge in [-0.05, 0) is 34.7 Å². The van der Waals surface area contributed by atoms with Crippen LogP contribution in [0, 0.1) is 0 Å². The third kappa shape index (κ3) is 4.61. The van der Waals surface area contributed by atoms with E-state index in [4.69, 9.17) is 0 Å². The fourth-order valence-electron chi connectivity index (χ4n) is 2.19. The molecule has 2 heterocycles. The molecule has 0 aliphatic rings. The minimum atomic E-state index is 0.0297. The van der Waals surface area contributed by atoms with Gasteiger partial charge in [-0.3, -0.25) is 4.79 Å². The van der Waals surface area contributed by atoms with E-state index in [1.165, 1.54) is 33.1 Å². The number of Topliss-reactive ketones (excluding diaryl/α,β-unsaturated/α-hetero) is 1. The lowest BCUT2D eigenvalue weighted by molar-refractivity contribution is -0.114. The van der Waals surface area contributed by atoms with Gasteiger partial charge in [-0.1, -0.05) is 59.9 Å². The van der Waals surface area contributed by atoms with Crippen LogP contribution in [0.4, 0.5) is 0 Å². The summed E-state index contributed by atoms with van der Waals surface area (Å²) in [5.74, 6) is 0.530. The van der Waals surface area contributed by atoms with E-state index in [2.05, 4.69) is 30.8 Å². The van der Waals surface area contributed by atoms with E-state index in [-0.39, 0.29) is 17.3 Å². The number of aromatic nitrogens is 8. The Balaban J connectivity index is 1.26. The van der Waals surface area contributed by atoms with E-state index >= 15 is 0 Å². The molecule has 0 atom stereocenters. The van der Waals surface area contributed by atoms with E-state index in [0.29, 0.717) is 10.3 Å². The number of carbonyl (C=O) groups excluding carboxylic acids is 1. The van der Waals surface area contributed by atoms with Crippen LogP contribution in [-0.2, 0) is 4.79 Å². The van der Waals surface area contributed by atoms with Gasteiger partial charge in [0.1, 0.15) is 0 Å². The van der Waals surface area contributed by atoms with Crippen LogP contribution in [-0.4, -0.2) is 57.7 Å². The first-order chi connectivity index (χ1) is 13.8. The fraction of sp³-hybridized carbons (Fsp3) is 0.118. The van der Waals surface area contributed by atoms with Gasteiger partial charge in [-0.15, -0.1) is 30.0 Å². The van der Waals surface area contributed by atoms with Crippen molar-refractivity contribution in [1.82, 2.24) is 40.4 Å². The Morgan fingerprint density at radius 3 is 1.57 bits per heavy atom. The zero-order valence-electron chi connectivity index (χ0n) is 14.5. The Morgan fingerprint density at radius 2 is 1.14 bits per heavy atom. The first-order valence-corrected chi connectivity index (χ1v) is 10.2. The highest BCUT2D eigenvalue weighted by molar-refractivity contribution is 8.01. The maximum absolute atomic E-state index is 12.1. The Labute approximate surface area is 168 Å². The van der Waals surface area contributed by atoms with Crippen LogP contribution >= 0.6 is 23.5 Å². The van der Waals surface area contributed by atoms with Gasteiger partial charge in [0.05, 0.1) is 22.9 Å². The molecular weight excluding hydrogens is 396 g/mol. The maximum atomic E-state index is 12.1. The summed E-state index contributed by atoms with van der Waals surface area (Å²) in [6.45, 7) is 0. The first kappa shape index (κ1) is 18.3. The number of benzene rings is 2. The number of para-hydroxylation sites is 2. The monoisotopic (exact) mass is 410 g/mol. The molecule has 0 fully saturated rings. The summed E-state index contributed by atoms with van der Waals surface area (Å²) in [6, 6.07) is 19.0. The Hall–Kier alpha value is -3.05. The Bertz CT molecular complexity index is 967. The smallest absolute Gasteiger partial charge is 0.232 e. The Kier molecular flexibility index (Phi) is 5.73. The van der Waals surface area contributed by atoms with E-state index in [0.717, 1.165) is 11.4 Å². The fourth-order valence-corrected chi connectivity index (χ4v) is 3.56. The molecule has 9 nitrogen and oxygen atoms in total. The normalized spacial score (nSPS) is 10.9. The molecule has 11 heteroatoms. The number of tetrazole rings is 2. The quantitative estimate of drug-likeness (QED) is 0.404. The molecule has 0 saturated heterocycles. The summed E-state index contributed by atoms with van der Waals surface area (Å²) in [6.07, 6.45) is 0. The lowest BCUT2D eigenvalue weighted by atomic mass is 10.3. The van der Waals surface area contributed by atoms with Crippen molar-refractivity contribution in [2.75, 3.05) is 11.5 Å². The molecule has 0 bridgehead atoms. The second-order valence-electron chi connectivity index (χ2n) is 5.51. The third-order valence-electron chi connectivity index (χ3n) is 3.49. The summed E-state index contributed by atoms with van der Waals surface area (Å²) in [4.78, 5) is 15.0. The summed E-state index contributed by atoms with van der Waals surface area (Å²) in [5.41, 5.74) is 1.63. The van der Waals surface area contributed by atoms with Crippen molar-refractivity contribution in [1.29, 1.82) is 0 Å². The van der Waals surface area contributed by atoms with Gasteiger partial charge in [0, 0.05) is 0 Å². The largest absolute Gasteiger partial charge is 0.298 e. The molecule has 140 valence electrons. The number of ketones is 1. The second-order valence-corrected chi connectivity index (χ2v) is 7.40. The zero-order chi connectivity index (χ0) is 19.2. The van der Waals surface area contributed by atoms with Crippen LogP contribution in [0.1, 0.15) is 0 Å². The van der Waals surface area contributed by atoms with Gasteiger partial charge in [0.25, 0.3) is 0 Å². The molecule has 0 unspecified atom stereocenters.